The van der Waals surface area contributed by atoms with Gasteiger partial charge in [0.05, 0.1) is 5.69 Å². The second-order valence-electron chi connectivity index (χ2n) is 8.25. The highest BCUT2D eigenvalue weighted by molar-refractivity contribution is 6.25. The van der Waals surface area contributed by atoms with Gasteiger partial charge in [-0.1, -0.05) is 24.3 Å². The zero-order valence-corrected chi connectivity index (χ0v) is 18.5. The minimum Gasteiger partial charge on any atom is -0.459 e. The molecule has 0 saturated carbocycles. The molecule has 170 valence electrons. The number of hydrogen-bond donors (Lipinski definition) is 0. The Labute approximate surface area is 194 Å². The summed E-state index contributed by atoms with van der Waals surface area (Å²) in [6.07, 6.45) is 1.94. The maximum atomic E-state index is 12.9. The van der Waals surface area contributed by atoms with Crippen LogP contribution in [0.4, 0.5) is 0 Å². The monoisotopic (exact) mass is 455 g/mol. The first-order valence-electron chi connectivity index (χ1n) is 10.9. The minimum atomic E-state index is -0.495. The molecule has 0 N–H and O–H groups in total. The van der Waals surface area contributed by atoms with Crippen molar-refractivity contribution in [2.24, 2.45) is 0 Å². The molecule has 8 heteroatoms. The number of pyridine rings is 1. The molecule has 0 bridgehead atoms. The summed E-state index contributed by atoms with van der Waals surface area (Å²) in [6.45, 7) is 1.87. The molecule has 8 nitrogen and oxygen atoms in total. The third-order valence-corrected chi connectivity index (χ3v) is 5.88. The summed E-state index contributed by atoms with van der Waals surface area (Å²) in [4.78, 5) is 55.9. The zero-order chi connectivity index (χ0) is 23.8. The van der Waals surface area contributed by atoms with Crippen LogP contribution in [0, 0.1) is 6.92 Å². The minimum absolute atomic E-state index is 0.0224. The van der Waals surface area contributed by atoms with Crippen LogP contribution in [0.25, 0.3) is 16.4 Å². The standard InChI is InChI=1S/C26H21N3O5/c1-16-10-12-28-21(13-16)27-18(14-22(28)30)15-34-23(31)9-4-11-29-25(32)19-7-2-5-17-6-3-8-20(24(17)19)26(29)33/h2-3,5-8,10,12-14H,4,9,11,15H2,1H3. The number of nitrogens with zero attached hydrogens (tertiary/aromatic N) is 3. The molecule has 0 unspecified atom stereocenters. The first-order valence-corrected chi connectivity index (χ1v) is 10.9. The number of aryl methyl sites for hydroxylation is 1. The quantitative estimate of drug-likeness (QED) is 0.327. The van der Waals surface area contributed by atoms with Crippen molar-refractivity contribution in [3.8, 4) is 0 Å². The molecule has 0 aliphatic carbocycles. The first-order chi connectivity index (χ1) is 16.4. The fourth-order valence-corrected chi connectivity index (χ4v) is 4.22. The van der Waals surface area contributed by atoms with Crippen molar-refractivity contribution in [2.75, 3.05) is 6.54 Å². The van der Waals surface area contributed by atoms with Gasteiger partial charge in [-0.15, -0.1) is 0 Å². The normalized spacial score (nSPS) is 13.0. The molecular formula is C26H21N3O5. The number of rotatable bonds is 6. The average Bonchev–Trinajstić information content (AvgIpc) is 2.83. The summed E-state index contributed by atoms with van der Waals surface area (Å²) in [5, 5.41) is 1.52. The van der Waals surface area contributed by atoms with Gasteiger partial charge in [0.15, 0.2) is 0 Å². The van der Waals surface area contributed by atoms with Gasteiger partial charge in [0, 0.05) is 41.7 Å². The SMILES string of the molecule is Cc1ccn2c(=O)cc(COC(=O)CCCN3C(=O)c4cccc5cccc(c45)C3=O)nc2c1. The summed E-state index contributed by atoms with van der Waals surface area (Å²) < 4.78 is 6.69. The van der Waals surface area contributed by atoms with E-state index in [2.05, 4.69) is 4.98 Å². The van der Waals surface area contributed by atoms with Crippen LogP contribution in [0.5, 0.6) is 0 Å². The van der Waals surface area contributed by atoms with Gasteiger partial charge >= 0.3 is 5.97 Å². The van der Waals surface area contributed by atoms with Crippen LogP contribution in [0.3, 0.4) is 0 Å². The molecule has 0 fully saturated rings. The molecule has 2 aromatic heterocycles. The summed E-state index contributed by atoms with van der Waals surface area (Å²) in [6, 6.07) is 15.7. The Morgan fingerprint density at radius 3 is 2.38 bits per heavy atom. The van der Waals surface area contributed by atoms with Gasteiger partial charge < -0.3 is 4.74 Å². The Kier molecular flexibility index (Phi) is 5.41. The number of fused-ring (bicyclic) bond motifs is 1. The second-order valence-corrected chi connectivity index (χ2v) is 8.25. The maximum absolute atomic E-state index is 12.9. The molecule has 0 radical (unpaired) electrons. The van der Waals surface area contributed by atoms with Crippen molar-refractivity contribution in [3.05, 3.63) is 93.5 Å². The first kappa shape index (κ1) is 21.5. The lowest BCUT2D eigenvalue weighted by Crippen LogP contribution is -2.41. The number of carbonyl (C=O) groups is 3. The summed E-state index contributed by atoms with van der Waals surface area (Å²) in [5.41, 5.74) is 2.51. The molecule has 2 amide bonds. The van der Waals surface area contributed by atoms with Crippen LogP contribution < -0.4 is 5.56 Å². The number of hydrogen-bond acceptors (Lipinski definition) is 6. The van der Waals surface area contributed by atoms with Gasteiger partial charge in [-0.2, -0.15) is 0 Å². The van der Waals surface area contributed by atoms with E-state index >= 15 is 0 Å². The van der Waals surface area contributed by atoms with Crippen LogP contribution in [-0.4, -0.2) is 38.6 Å². The largest absolute Gasteiger partial charge is 0.459 e. The Balaban J connectivity index is 1.21. The van der Waals surface area contributed by atoms with Crippen LogP contribution in [0.1, 0.15) is 44.8 Å². The highest BCUT2D eigenvalue weighted by Gasteiger charge is 2.32. The number of imide groups is 1. The van der Waals surface area contributed by atoms with E-state index in [0.717, 1.165) is 10.9 Å². The molecule has 5 rings (SSSR count). The van der Waals surface area contributed by atoms with Gasteiger partial charge in [-0.25, -0.2) is 4.98 Å². The lowest BCUT2D eigenvalue weighted by molar-refractivity contribution is -0.145. The molecule has 2 aromatic carbocycles. The van der Waals surface area contributed by atoms with Crippen LogP contribution >= 0.6 is 0 Å². The molecule has 3 heterocycles. The van der Waals surface area contributed by atoms with Gasteiger partial charge in [0.1, 0.15) is 12.3 Å². The van der Waals surface area contributed by atoms with E-state index < -0.39 is 5.97 Å². The van der Waals surface area contributed by atoms with Crippen molar-refractivity contribution in [2.45, 2.75) is 26.4 Å². The smallest absolute Gasteiger partial charge is 0.306 e. The summed E-state index contributed by atoms with van der Waals surface area (Å²) in [7, 11) is 0. The molecule has 0 saturated heterocycles. The fraction of sp³-hybridized carbons (Fsp3) is 0.192. The van der Waals surface area contributed by atoms with E-state index in [9.17, 15) is 19.2 Å². The second kappa shape index (κ2) is 8.55. The van der Waals surface area contributed by atoms with Crippen molar-refractivity contribution >= 4 is 34.2 Å². The van der Waals surface area contributed by atoms with E-state index in [1.54, 1.807) is 36.5 Å². The van der Waals surface area contributed by atoms with E-state index in [4.69, 9.17) is 4.74 Å². The Bertz CT molecular complexity index is 1490. The van der Waals surface area contributed by atoms with Crippen molar-refractivity contribution in [3.63, 3.8) is 0 Å². The van der Waals surface area contributed by atoms with E-state index in [1.807, 2.05) is 25.1 Å². The Hall–Kier alpha value is -4.33. The molecule has 1 aliphatic heterocycles. The Morgan fingerprint density at radius 2 is 1.68 bits per heavy atom. The maximum Gasteiger partial charge on any atom is 0.306 e. The lowest BCUT2D eigenvalue weighted by Gasteiger charge is -2.27. The van der Waals surface area contributed by atoms with E-state index in [0.29, 0.717) is 27.9 Å². The van der Waals surface area contributed by atoms with Gasteiger partial charge in [-0.05, 0) is 48.6 Å². The predicted molar refractivity (Wildman–Crippen MR) is 125 cm³/mol. The molecular weight excluding hydrogens is 434 g/mol. The molecule has 4 aromatic rings. The van der Waals surface area contributed by atoms with Crippen LogP contribution in [-0.2, 0) is 16.1 Å². The molecule has 1 aliphatic rings. The molecule has 34 heavy (non-hydrogen) atoms. The van der Waals surface area contributed by atoms with Crippen molar-refractivity contribution < 1.29 is 19.1 Å². The lowest BCUT2D eigenvalue weighted by atomic mass is 9.94. The van der Waals surface area contributed by atoms with Crippen molar-refractivity contribution in [1.82, 2.24) is 14.3 Å². The average molecular weight is 455 g/mol. The van der Waals surface area contributed by atoms with Gasteiger partial charge in [-0.3, -0.25) is 28.5 Å². The number of aromatic nitrogens is 2. The van der Waals surface area contributed by atoms with Crippen molar-refractivity contribution in [1.29, 1.82) is 0 Å². The van der Waals surface area contributed by atoms with Gasteiger partial charge in [0.25, 0.3) is 17.4 Å². The number of amides is 2. The molecule has 0 spiro atoms. The fourth-order valence-electron chi connectivity index (χ4n) is 4.22. The summed E-state index contributed by atoms with van der Waals surface area (Å²) >= 11 is 0. The number of carbonyl (C=O) groups excluding carboxylic acids is 3. The van der Waals surface area contributed by atoms with Crippen LogP contribution in [0.2, 0.25) is 0 Å². The highest BCUT2D eigenvalue weighted by atomic mass is 16.5. The number of esters is 1. The number of benzene rings is 2. The van der Waals surface area contributed by atoms with E-state index in [1.165, 1.54) is 15.4 Å². The number of ether oxygens (including phenoxy) is 1. The van der Waals surface area contributed by atoms with Crippen LogP contribution in [0.15, 0.2) is 65.6 Å². The Morgan fingerprint density at radius 1 is 0.971 bits per heavy atom. The van der Waals surface area contributed by atoms with E-state index in [-0.39, 0.29) is 43.4 Å². The predicted octanol–water partition coefficient (Wildman–Crippen LogP) is 3.28. The highest BCUT2D eigenvalue weighted by Crippen LogP contribution is 2.30. The topological polar surface area (TPSA) is 98.0 Å². The third-order valence-electron chi connectivity index (χ3n) is 5.88. The van der Waals surface area contributed by atoms with Gasteiger partial charge in [0.2, 0.25) is 0 Å². The summed E-state index contributed by atoms with van der Waals surface area (Å²) in [5.74, 6) is -1.22. The zero-order valence-electron chi connectivity index (χ0n) is 18.5. The molecule has 0 atom stereocenters. The third kappa shape index (κ3) is 3.83.